The second-order valence-electron chi connectivity index (χ2n) is 4.44. The van der Waals surface area contributed by atoms with Gasteiger partial charge in [0.15, 0.2) is 5.96 Å². The number of benzene rings is 1. The van der Waals surface area contributed by atoms with Gasteiger partial charge >= 0.3 is 0 Å². The summed E-state index contributed by atoms with van der Waals surface area (Å²) in [6.07, 6.45) is 0. The molecule has 2 N–H and O–H groups in total. The van der Waals surface area contributed by atoms with Crippen LogP contribution in [0.3, 0.4) is 0 Å². The van der Waals surface area contributed by atoms with Crippen LogP contribution < -0.4 is 10.6 Å². The Bertz CT molecular complexity index is 557. The maximum absolute atomic E-state index is 6.03. The number of nitrogens with two attached hydrogens (primary N) is 1. The van der Waals surface area contributed by atoms with Crippen molar-refractivity contribution in [2.45, 2.75) is 13.0 Å². The third-order valence-corrected chi connectivity index (χ3v) is 4.14. The van der Waals surface area contributed by atoms with Crippen LogP contribution >= 0.6 is 11.3 Å². The summed E-state index contributed by atoms with van der Waals surface area (Å²) < 4.78 is 0. The van der Waals surface area contributed by atoms with Crippen molar-refractivity contribution in [1.29, 1.82) is 0 Å². The first kappa shape index (κ1) is 11.3. The highest BCUT2D eigenvalue weighted by atomic mass is 32.1. The van der Waals surface area contributed by atoms with Gasteiger partial charge in [0, 0.05) is 10.6 Å². The molecule has 0 fully saturated rings. The van der Waals surface area contributed by atoms with Gasteiger partial charge in [-0.1, -0.05) is 23.8 Å². The van der Waals surface area contributed by atoms with E-state index in [4.69, 9.17) is 5.73 Å². The zero-order valence-corrected chi connectivity index (χ0v) is 11.0. The smallest absolute Gasteiger partial charge is 0.196 e. The average molecular weight is 257 g/mol. The molecule has 1 aromatic heterocycles. The van der Waals surface area contributed by atoms with Crippen molar-refractivity contribution in [3.05, 3.63) is 52.2 Å². The topological polar surface area (TPSA) is 41.6 Å². The van der Waals surface area contributed by atoms with Crippen molar-refractivity contribution in [3.63, 3.8) is 0 Å². The minimum Gasteiger partial charge on any atom is -0.369 e. The highest BCUT2D eigenvalue weighted by Gasteiger charge is 2.29. The van der Waals surface area contributed by atoms with E-state index in [1.807, 2.05) is 0 Å². The summed E-state index contributed by atoms with van der Waals surface area (Å²) in [6.45, 7) is 2.82. The van der Waals surface area contributed by atoms with E-state index in [1.165, 1.54) is 10.4 Å². The minimum atomic E-state index is 0.243. The van der Waals surface area contributed by atoms with E-state index in [2.05, 4.69) is 58.6 Å². The molecule has 0 radical (unpaired) electrons. The second kappa shape index (κ2) is 4.46. The number of nitrogens with zero attached hydrogens (tertiary/aromatic N) is 2. The Labute approximate surface area is 111 Å². The molecule has 0 spiro atoms. The van der Waals surface area contributed by atoms with Gasteiger partial charge in [-0.3, -0.25) is 4.99 Å². The molecular formula is C14H15N3S. The third kappa shape index (κ3) is 1.88. The van der Waals surface area contributed by atoms with Crippen LogP contribution in [0.1, 0.15) is 16.5 Å². The maximum Gasteiger partial charge on any atom is 0.196 e. The largest absolute Gasteiger partial charge is 0.369 e. The quantitative estimate of drug-likeness (QED) is 0.898. The van der Waals surface area contributed by atoms with Gasteiger partial charge in [0.2, 0.25) is 0 Å². The number of anilines is 1. The van der Waals surface area contributed by atoms with E-state index < -0.39 is 0 Å². The van der Waals surface area contributed by atoms with E-state index in [0.717, 1.165) is 12.2 Å². The predicted octanol–water partition coefficient (Wildman–Crippen LogP) is 2.93. The normalized spacial score (nSPS) is 19.1. The fourth-order valence-corrected chi connectivity index (χ4v) is 3.02. The molecule has 2 heterocycles. The number of thiophene rings is 1. The van der Waals surface area contributed by atoms with Crippen LogP contribution in [0, 0.1) is 6.92 Å². The van der Waals surface area contributed by atoms with Crippen molar-refractivity contribution in [3.8, 4) is 0 Å². The summed E-state index contributed by atoms with van der Waals surface area (Å²) in [6, 6.07) is 12.9. The van der Waals surface area contributed by atoms with Gasteiger partial charge < -0.3 is 10.6 Å². The summed E-state index contributed by atoms with van der Waals surface area (Å²) in [7, 11) is 0. The predicted molar refractivity (Wildman–Crippen MR) is 77.2 cm³/mol. The van der Waals surface area contributed by atoms with Crippen molar-refractivity contribution >= 4 is 23.0 Å². The lowest BCUT2D eigenvalue weighted by Crippen LogP contribution is -2.35. The maximum atomic E-state index is 6.03. The second-order valence-corrected chi connectivity index (χ2v) is 5.41. The average Bonchev–Trinajstić information content (AvgIpc) is 2.99. The first-order valence-corrected chi connectivity index (χ1v) is 6.83. The van der Waals surface area contributed by atoms with Crippen LogP contribution in [0.25, 0.3) is 0 Å². The van der Waals surface area contributed by atoms with E-state index >= 15 is 0 Å². The molecule has 0 saturated carbocycles. The fourth-order valence-electron chi connectivity index (χ4n) is 2.21. The molecule has 1 aromatic carbocycles. The molecular weight excluding hydrogens is 242 g/mol. The van der Waals surface area contributed by atoms with Gasteiger partial charge in [0.25, 0.3) is 0 Å². The van der Waals surface area contributed by atoms with Gasteiger partial charge in [0.1, 0.15) is 0 Å². The van der Waals surface area contributed by atoms with Crippen LogP contribution in [0.4, 0.5) is 5.69 Å². The van der Waals surface area contributed by atoms with Gasteiger partial charge in [-0.2, -0.15) is 0 Å². The van der Waals surface area contributed by atoms with Crippen LogP contribution in [-0.4, -0.2) is 12.5 Å². The molecule has 0 aliphatic carbocycles. The lowest BCUT2D eigenvalue weighted by atomic mass is 10.1. The Morgan fingerprint density at radius 2 is 2.06 bits per heavy atom. The van der Waals surface area contributed by atoms with Crippen LogP contribution in [0.2, 0.25) is 0 Å². The molecule has 1 atom stereocenters. The van der Waals surface area contributed by atoms with Crippen molar-refractivity contribution in [1.82, 2.24) is 0 Å². The molecule has 2 aromatic rings. The van der Waals surface area contributed by atoms with E-state index in [-0.39, 0.29) is 6.04 Å². The number of hydrogen-bond acceptors (Lipinski definition) is 4. The van der Waals surface area contributed by atoms with Crippen molar-refractivity contribution in [2.24, 2.45) is 10.7 Å². The monoisotopic (exact) mass is 257 g/mol. The van der Waals surface area contributed by atoms with Gasteiger partial charge in [-0.25, -0.2) is 0 Å². The highest BCUT2D eigenvalue weighted by molar-refractivity contribution is 7.10. The minimum absolute atomic E-state index is 0.243. The summed E-state index contributed by atoms with van der Waals surface area (Å²) in [5.74, 6) is 0.609. The number of guanidine groups is 1. The molecule has 3 rings (SSSR count). The lowest BCUT2D eigenvalue weighted by molar-refractivity contribution is 0.784. The van der Waals surface area contributed by atoms with E-state index in [1.54, 1.807) is 11.3 Å². The van der Waals surface area contributed by atoms with Gasteiger partial charge in [-0.05, 0) is 30.5 Å². The number of rotatable bonds is 2. The lowest BCUT2D eigenvalue weighted by Gasteiger charge is -2.25. The Morgan fingerprint density at radius 3 is 2.72 bits per heavy atom. The van der Waals surface area contributed by atoms with Crippen LogP contribution in [0.15, 0.2) is 46.8 Å². The van der Waals surface area contributed by atoms with Crippen molar-refractivity contribution < 1.29 is 0 Å². The highest BCUT2D eigenvalue weighted by Crippen LogP contribution is 2.33. The summed E-state index contributed by atoms with van der Waals surface area (Å²) in [5, 5.41) is 2.09. The molecule has 92 valence electrons. The summed E-state index contributed by atoms with van der Waals surface area (Å²) >= 11 is 1.75. The van der Waals surface area contributed by atoms with E-state index in [0.29, 0.717) is 5.96 Å². The van der Waals surface area contributed by atoms with Crippen LogP contribution in [0.5, 0.6) is 0 Å². The van der Waals surface area contributed by atoms with Gasteiger partial charge in [0.05, 0.1) is 12.6 Å². The first-order valence-electron chi connectivity index (χ1n) is 5.95. The molecule has 4 heteroatoms. The molecule has 1 aliphatic rings. The molecule has 0 amide bonds. The van der Waals surface area contributed by atoms with Gasteiger partial charge in [-0.15, -0.1) is 11.3 Å². The molecule has 1 unspecified atom stereocenters. The van der Waals surface area contributed by atoms with Crippen LogP contribution in [-0.2, 0) is 0 Å². The molecule has 0 bridgehead atoms. The first-order chi connectivity index (χ1) is 8.75. The Morgan fingerprint density at radius 1 is 1.28 bits per heavy atom. The molecule has 18 heavy (non-hydrogen) atoms. The zero-order valence-electron chi connectivity index (χ0n) is 10.2. The zero-order chi connectivity index (χ0) is 12.5. The summed E-state index contributed by atoms with van der Waals surface area (Å²) in [4.78, 5) is 7.80. The number of hydrogen-bond donors (Lipinski definition) is 1. The Kier molecular flexibility index (Phi) is 2.80. The SMILES string of the molecule is Cc1ccc(N2C(N)=NCC2c2cccs2)cc1. The fraction of sp³-hybridized carbons (Fsp3) is 0.214. The number of aryl methyl sites for hydroxylation is 1. The molecule has 0 saturated heterocycles. The standard InChI is InChI=1S/C14H15N3S/c1-10-4-6-11(7-5-10)17-12(9-16-14(17)15)13-3-2-8-18-13/h2-8,12H,9H2,1H3,(H2,15,16). The third-order valence-electron chi connectivity index (χ3n) is 3.17. The number of aliphatic imine (C=N–C) groups is 1. The molecule has 3 nitrogen and oxygen atoms in total. The van der Waals surface area contributed by atoms with E-state index in [9.17, 15) is 0 Å². The summed E-state index contributed by atoms with van der Waals surface area (Å²) in [5.41, 5.74) is 8.39. The Balaban J connectivity index is 1.97. The molecule has 1 aliphatic heterocycles. The van der Waals surface area contributed by atoms with Crippen molar-refractivity contribution in [2.75, 3.05) is 11.4 Å². The Hall–Kier alpha value is -1.81.